The summed E-state index contributed by atoms with van der Waals surface area (Å²) in [5, 5.41) is 35.4. The quantitative estimate of drug-likeness (QED) is 0.0365. The molecule has 0 aliphatic carbocycles. The Morgan fingerprint density at radius 1 is 0.586 bits per heavy atom. The molecule has 2 aliphatic rings. The standard InChI is InChI=1S/C39H51N11O8/c40-38(41)44-15-3-7-26-32(52)46-27(8-4-16-45-39(42)43)33(53)48-29(19-22-9-12-23-5-1-2-6-24(23)17-22)35(55)50-30(20-31-37(57)58-31)36(56)49-28(34(54)47-26)18-21-10-13-25(51)14-11-21/h1-2,5-6,9-14,17,26-31,37,51,57H,3-4,7-8,15-16,18-20H2,(H,46,52)(H,47,54)(H,48,53)(H,49,56)(H,50,55)(H4,40,41,44)(H4,42,43,45)/t26-,27-,28?,29-,30+,31?,37?/m0/s1. The van der Waals surface area contributed by atoms with Crippen molar-refractivity contribution in [3.8, 4) is 5.75 Å². The number of benzene rings is 3. The van der Waals surface area contributed by atoms with Gasteiger partial charge in [0, 0.05) is 32.4 Å². The van der Waals surface area contributed by atoms with E-state index in [1.807, 2.05) is 42.5 Å². The van der Waals surface area contributed by atoms with E-state index >= 15 is 0 Å². The van der Waals surface area contributed by atoms with E-state index < -0.39 is 72.1 Å². The highest BCUT2D eigenvalue weighted by molar-refractivity contribution is 5.98. The van der Waals surface area contributed by atoms with Crippen molar-refractivity contribution in [3.63, 3.8) is 0 Å². The average molecular weight is 802 g/mol. The number of guanidine groups is 2. The molecule has 2 saturated heterocycles. The Hall–Kier alpha value is -6.47. The number of epoxide rings is 1. The lowest BCUT2D eigenvalue weighted by molar-refractivity contribution is -0.134. The molecule has 58 heavy (non-hydrogen) atoms. The van der Waals surface area contributed by atoms with Crippen molar-refractivity contribution in [2.45, 2.75) is 87.5 Å². The number of aliphatic hydroxyl groups is 1. The number of aliphatic hydroxyl groups excluding tert-OH is 1. The Balaban J connectivity index is 1.53. The van der Waals surface area contributed by atoms with Crippen LogP contribution >= 0.6 is 0 Å². The highest BCUT2D eigenvalue weighted by atomic mass is 16.7. The van der Waals surface area contributed by atoms with Gasteiger partial charge in [-0.2, -0.15) is 0 Å². The van der Waals surface area contributed by atoms with Crippen LogP contribution in [-0.4, -0.2) is 107 Å². The van der Waals surface area contributed by atoms with Crippen LogP contribution in [0.5, 0.6) is 5.75 Å². The van der Waals surface area contributed by atoms with Gasteiger partial charge in [0.05, 0.1) is 0 Å². The van der Waals surface area contributed by atoms with E-state index in [1.165, 1.54) is 12.1 Å². The van der Waals surface area contributed by atoms with Gasteiger partial charge >= 0.3 is 0 Å². The highest BCUT2D eigenvalue weighted by Crippen LogP contribution is 2.24. The van der Waals surface area contributed by atoms with Gasteiger partial charge in [-0.1, -0.05) is 54.6 Å². The molecule has 2 fully saturated rings. The van der Waals surface area contributed by atoms with Crippen molar-refractivity contribution in [2.75, 3.05) is 13.1 Å². The Morgan fingerprint density at radius 3 is 1.53 bits per heavy atom. The third kappa shape index (κ3) is 12.8. The first kappa shape index (κ1) is 42.7. The van der Waals surface area contributed by atoms with Crippen molar-refractivity contribution in [2.24, 2.45) is 32.9 Å². The molecule has 3 unspecified atom stereocenters. The molecule has 19 heteroatoms. The lowest BCUT2D eigenvalue weighted by Crippen LogP contribution is -2.58. The molecule has 2 aliphatic heterocycles. The first-order chi connectivity index (χ1) is 27.7. The number of aromatic hydroxyl groups is 1. The Kier molecular flexibility index (Phi) is 14.8. The second kappa shape index (κ2) is 20.1. The Labute approximate surface area is 334 Å². The molecule has 0 bridgehead atoms. The van der Waals surface area contributed by atoms with E-state index in [0.29, 0.717) is 11.1 Å². The summed E-state index contributed by atoms with van der Waals surface area (Å²) in [5.74, 6) is -4.06. The molecular weight excluding hydrogens is 750 g/mol. The van der Waals surface area contributed by atoms with Crippen LogP contribution in [0.4, 0.5) is 0 Å². The van der Waals surface area contributed by atoms with Crippen LogP contribution in [-0.2, 0) is 41.6 Å². The fourth-order valence-electron chi connectivity index (χ4n) is 6.56. The Bertz CT molecular complexity index is 2000. The number of nitrogens with two attached hydrogens (primary N) is 4. The van der Waals surface area contributed by atoms with Gasteiger partial charge in [0.15, 0.2) is 18.2 Å². The molecule has 19 nitrogen and oxygen atoms in total. The van der Waals surface area contributed by atoms with Crippen LogP contribution in [0.25, 0.3) is 10.8 Å². The molecule has 15 N–H and O–H groups in total. The van der Waals surface area contributed by atoms with Gasteiger partial charge in [0.1, 0.15) is 42.1 Å². The molecule has 3 aromatic rings. The van der Waals surface area contributed by atoms with Crippen LogP contribution in [0, 0.1) is 0 Å². The maximum Gasteiger partial charge on any atom is 0.243 e. The number of carbonyl (C=O) groups excluding carboxylic acids is 5. The number of phenolic OH excluding ortho intramolecular Hbond substituents is 1. The molecule has 5 rings (SSSR count). The van der Waals surface area contributed by atoms with E-state index in [4.69, 9.17) is 27.7 Å². The van der Waals surface area contributed by atoms with Crippen LogP contribution in [0.1, 0.15) is 43.2 Å². The first-order valence-electron chi connectivity index (χ1n) is 19.0. The van der Waals surface area contributed by atoms with Crippen LogP contribution in [0.2, 0.25) is 0 Å². The predicted octanol–water partition coefficient (Wildman–Crippen LogP) is -2.02. The van der Waals surface area contributed by atoms with Crippen molar-refractivity contribution in [1.29, 1.82) is 0 Å². The van der Waals surface area contributed by atoms with Crippen molar-refractivity contribution in [1.82, 2.24) is 26.6 Å². The fraction of sp³-hybridized carbons (Fsp3) is 0.410. The minimum Gasteiger partial charge on any atom is -0.508 e. The molecule has 2 heterocycles. The maximum absolute atomic E-state index is 14.3. The largest absolute Gasteiger partial charge is 0.508 e. The third-order valence-electron chi connectivity index (χ3n) is 9.71. The summed E-state index contributed by atoms with van der Waals surface area (Å²) < 4.78 is 5.18. The number of ether oxygens (including phenoxy) is 1. The van der Waals surface area contributed by atoms with E-state index in [9.17, 15) is 34.2 Å². The smallest absolute Gasteiger partial charge is 0.243 e. The maximum atomic E-state index is 14.3. The minimum atomic E-state index is -1.34. The molecule has 0 radical (unpaired) electrons. The normalized spacial score (nSPS) is 24.2. The third-order valence-corrected chi connectivity index (χ3v) is 9.71. The van der Waals surface area contributed by atoms with Gasteiger partial charge < -0.3 is 64.5 Å². The summed E-state index contributed by atoms with van der Waals surface area (Å²) in [7, 11) is 0. The number of carbonyl (C=O) groups is 5. The minimum absolute atomic E-state index is 0.00903. The van der Waals surface area contributed by atoms with Crippen LogP contribution in [0.3, 0.4) is 0 Å². The van der Waals surface area contributed by atoms with Crippen LogP contribution < -0.4 is 49.5 Å². The predicted molar refractivity (Wildman–Crippen MR) is 214 cm³/mol. The topological polar surface area (TPSA) is 327 Å². The highest BCUT2D eigenvalue weighted by Gasteiger charge is 2.42. The number of nitrogens with one attached hydrogen (secondary N) is 5. The van der Waals surface area contributed by atoms with E-state index in [1.54, 1.807) is 12.1 Å². The monoisotopic (exact) mass is 801 g/mol. The number of amides is 5. The molecular formula is C39H51N11O8. The lowest BCUT2D eigenvalue weighted by Gasteiger charge is -2.26. The summed E-state index contributed by atoms with van der Waals surface area (Å²) in [6.07, 6.45) is -1.65. The van der Waals surface area contributed by atoms with Crippen molar-refractivity contribution < 1.29 is 38.9 Å². The molecule has 0 saturated carbocycles. The zero-order chi connectivity index (χ0) is 41.8. The van der Waals surface area contributed by atoms with Crippen molar-refractivity contribution >= 4 is 52.2 Å². The summed E-state index contributed by atoms with van der Waals surface area (Å²) >= 11 is 0. The van der Waals surface area contributed by atoms with Gasteiger partial charge in [-0.15, -0.1) is 0 Å². The molecule has 5 amide bonds. The van der Waals surface area contributed by atoms with Gasteiger partial charge in [-0.25, -0.2) is 0 Å². The van der Waals surface area contributed by atoms with Gasteiger partial charge in [0.25, 0.3) is 0 Å². The number of nitrogens with zero attached hydrogens (tertiary/aromatic N) is 2. The summed E-state index contributed by atoms with van der Waals surface area (Å²) in [4.78, 5) is 78.6. The first-order valence-corrected chi connectivity index (χ1v) is 19.0. The lowest BCUT2D eigenvalue weighted by atomic mass is 9.99. The number of aliphatic imine (C=N–C) groups is 2. The summed E-state index contributed by atoms with van der Waals surface area (Å²) in [6, 6.07) is 12.8. The van der Waals surface area contributed by atoms with Crippen LogP contribution in [0.15, 0.2) is 76.7 Å². The zero-order valence-corrected chi connectivity index (χ0v) is 31.8. The van der Waals surface area contributed by atoms with Crippen molar-refractivity contribution in [3.05, 3.63) is 77.9 Å². The molecule has 0 spiro atoms. The average Bonchev–Trinajstić information content (AvgIpc) is 3.89. The van der Waals surface area contributed by atoms with Gasteiger partial charge in [-0.05, 0) is 59.7 Å². The number of fused-ring (bicyclic) bond motifs is 1. The van der Waals surface area contributed by atoms with E-state index in [2.05, 4.69) is 36.6 Å². The zero-order valence-electron chi connectivity index (χ0n) is 31.8. The second-order valence-corrected chi connectivity index (χ2v) is 14.3. The van der Waals surface area contributed by atoms with E-state index in [-0.39, 0.29) is 75.7 Å². The van der Waals surface area contributed by atoms with Gasteiger partial charge in [0.2, 0.25) is 29.5 Å². The number of hydrogen-bond acceptors (Lipinski definition) is 10. The number of hydrogen-bond donors (Lipinski definition) is 11. The SMILES string of the molecule is NC(N)=NCCC[C@@H]1NC(=O)C(Cc2ccc(O)cc2)NC(=O)[C@@H](CC2OC2O)NC(=O)[C@H](Cc2ccc3ccccc3c2)NC(=O)[C@H](CCCN=C(N)N)NC1=O. The number of phenols is 1. The fourth-order valence-corrected chi connectivity index (χ4v) is 6.56. The Morgan fingerprint density at radius 2 is 1.02 bits per heavy atom. The number of rotatable bonds is 14. The molecule has 7 atom stereocenters. The summed E-state index contributed by atoms with van der Waals surface area (Å²) in [6.45, 7) is 0.254. The molecule has 310 valence electrons. The summed E-state index contributed by atoms with van der Waals surface area (Å²) in [5.41, 5.74) is 23.2. The molecule has 3 aromatic carbocycles. The second-order valence-electron chi connectivity index (χ2n) is 14.3. The van der Waals surface area contributed by atoms with E-state index in [0.717, 1.165) is 10.8 Å². The molecule has 0 aromatic heterocycles. The van der Waals surface area contributed by atoms with Gasteiger partial charge in [-0.3, -0.25) is 34.0 Å².